The predicted octanol–water partition coefficient (Wildman–Crippen LogP) is 5.26. The molecule has 0 spiro atoms. The Morgan fingerprint density at radius 2 is 1.83 bits per heavy atom. The third-order valence-corrected chi connectivity index (χ3v) is 7.58. The number of aromatic amines is 2. The first kappa shape index (κ1) is 25.0. The van der Waals surface area contributed by atoms with Crippen molar-refractivity contribution < 1.29 is 4.79 Å². The highest BCUT2D eigenvalue weighted by Gasteiger charge is 2.19. The number of rotatable bonds is 6. The number of pyridine rings is 3. The number of H-pyrrole nitrogens is 2. The van der Waals surface area contributed by atoms with Gasteiger partial charge in [0.05, 0.1) is 34.3 Å². The smallest absolute Gasteiger partial charge is 0.224 e. The number of nitrogens with one attached hydrogen (secondary N) is 4. The third kappa shape index (κ3) is 5.05. The second-order valence-electron chi connectivity index (χ2n) is 10.6. The van der Waals surface area contributed by atoms with Gasteiger partial charge in [-0.3, -0.25) is 19.9 Å². The molecule has 1 aromatic carbocycles. The van der Waals surface area contributed by atoms with Crippen LogP contribution in [0, 0.1) is 12.8 Å². The molecule has 1 fully saturated rings. The number of carbonyl (C=O) groups is 1. The Bertz CT molecular complexity index is 1880. The molecule has 1 aliphatic heterocycles. The number of amides is 1. The van der Waals surface area contributed by atoms with Crippen molar-refractivity contribution in [1.82, 2.24) is 40.4 Å². The molecule has 0 saturated carbocycles. The summed E-state index contributed by atoms with van der Waals surface area (Å²) in [5, 5.41) is 14.0. The van der Waals surface area contributed by atoms with Gasteiger partial charge in [-0.2, -0.15) is 5.10 Å². The van der Waals surface area contributed by atoms with E-state index in [2.05, 4.69) is 54.8 Å². The number of aromatic nitrogens is 7. The molecule has 0 aliphatic carbocycles. The lowest BCUT2D eigenvalue weighted by Crippen LogP contribution is -2.30. The summed E-state index contributed by atoms with van der Waals surface area (Å²) in [7, 11) is 0. The first-order valence-electron chi connectivity index (χ1n) is 13.8. The number of anilines is 1. The zero-order valence-corrected chi connectivity index (χ0v) is 22.6. The van der Waals surface area contributed by atoms with Gasteiger partial charge in [0.2, 0.25) is 5.91 Å². The van der Waals surface area contributed by atoms with Gasteiger partial charge in [0, 0.05) is 29.9 Å². The van der Waals surface area contributed by atoms with Gasteiger partial charge in [-0.05, 0) is 69.1 Å². The van der Waals surface area contributed by atoms with E-state index in [9.17, 15) is 4.79 Å². The average Bonchev–Trinajstić information content (AvgIpc) is 3.61. The summed E-state index contributed by atoms with van der Waals surface area (Å²) >= 11 is 0. The number of fused-ring (bicyclic) bond motifs is 2. The molecule has 0 unspecified atom stereocenters. The molecular weight excluding hydrogens is 514 g/mol. The molecular formula is C31H29N9O. The van der Waals surface area contributed by atoms with E-state index < -0.39 is 0 Å². The van der Waals surface area contributed by atoms with Crippen LogP contribution in [0.1, 0.15) is 24.8 Å². The highest BCUT2D eigenvalue weighted by molar-refractivity contribution is 5.95. The molecule has 5 aromatic heterocycles. The number of imidazole rings is 1. The van der Waals surface area contributed by atoms with Crippen LogP contribution in [0.25, 0.3) is 56.1 Å². The normalized spacial score (nSPS) is 14.1. The standard InChI is InChI=1S/C31H29N9O/c1-18-3-2-4-20(13-18)27-28-24(9-12-34-27)37-31(38-28)30-29-25(39-40-30)6-5-23(36-29)21-15-22(17-33-16-21)35-26(41)14-19-7-10-32-11-8-19/h2-6,9,12-13,15-17,19,32H,7-8,10-11,14H2,1H3,(H,35,41)(H,37,38)(H,39,40). The molecule has 0 radical (unpaired) electrons. The molecule has 0 atom stereocenters. The van der Waals surface area contributed by atoms with Gasteiger partial charge >= 0.3 is 0 Å². The lowest BCUT2D eigenvalue weighted by Gasteiger charge is -2.21. The fourth-order valence-electron chi connectivity index (χ4n) is 5.48. The second-order valence-corrected chi connectivity index (χ2v) is 10.6. The summed E-state index contributed by atoms with van der Waals surface area (Å²) in [6.07, 6.45) is 7.77. The van der Waals surface area contributed by atoms with Crippen molar-refractivity contribution in [3.63, 3.8) is 0 Å². The topological polar surface area (TPSA) is 137 Å². The zero-order chi connectivity index (χ0) is 27.8. The van der Waals surface area contributed by atoms with E-state index in [0.717, 1.165) is 70.6 Å². The van der Waals surface area contributed by atoms with Gasteiger partial charge in [0.1, 0.15) is 11.0 Å². The van der Waals surface area contributed by atoms with E-state index in [0.29, 0.717) is 35.1 Å². The van der Waals surface area contributed by atoms with Gasteiger partial charge < -0.3 is 15.6 Å². The maximum Gasteiger partial charge on any atom is 0.224 e. The van der Waals surface area contributed by atoms with Crippen LogP contribution in [-0.2, 0) is 4.79 Å². The number of carbonyl (C=O) groups excluding carboxylic acids is 1. The van der Waals surface area contributed by atoms with Gasteiger partial charge in [0.15, 0.2) is 11.5 Å². The molecule has 1 saturated heterocycles. The van der Waals surface area contributed by atoms with Crippen LogP contribution >= 0.6 is 0 Å². The Balaban J connectivity index is 1.19. The van der Waals surface area contributed by atoms with Crippen molar-refractivity contribution in [2.75, 3.05) is 18.4 Å². The van der Waals surface area contributed by atoms with Crippen LogP contribution in [0.5, 0.6) is 0 Å². The highest BCUT2D eigenvalue weighted by Crippen LogP contribution is 2.31. The maximum atomic E-state index is 12.7. The monoisotopic (exact) mass is 543 g/mol. The lowest BCUT2D eigenvalue weighted by molar-refractivity contribution is -0.117. The van der Waals surface area contributed by atoms with Crippen molar-refractivity contribution in [1.29, 1.82) is 0 Å². The Morgan fingerprint density at radius 3 is 2.71 bits per heavy atom. The second kappa shape index (κ2) is 10.5. The minimum Gasteiger partial charge on any atom is -0.336 e. The Morgan fingerprint density at radius 1 is 0.951 bits per heavy atom. The van der Waals surface area contributed by atoms with Crippen LogP contribution in [0.3, 0.4) is 0 Å². The first-order valence-corrected chi connectivity index (χ1v) is 13.8. The molecule has 1 aliphatic rings. The average molecular weight is 544 g/mol. The first-order chi connectivity index (χ1) is 20.1. The summed E-state index contributed by atoms with van der Waals surface area (Å²) in [5.74, 6) is 1.04. The molecule has 7 rings (SSSR count). The van der Waals surface area contributed by atoms with E-state index >= 15 is 0 Å². The van der Waals surface area contributed by atoms with Crippen LogP contribution in [0.4, 0.5) is 5.69 Å². The van der Waals surface area contributed by atoms with Crippen molar-refractivity contribution in [3.8, 4) is 34.0 Å². The molecule has 10 nitrogen and oxygen atoms in total. The van der Waals surface area contributed by atoms with Crippen LogP contribution < -0.4 is 10.6 Å². The van der Waals surface area contributed by atoms with Crippen molar-refractivity contribution in [2.24, 2.45) is 5.92 Å². The SMILES string of the molecule is Cc1cccc(-c2nccc3[nH]c(-c4n[nH]c5ccc(-c6cncc(NC(=O)CC7CCNCC7)c6)nc45)nc23)c1. The molecule has 0 bridgehead atoms. The number of hydrogen-bond donors (Lipinski definition) is 4. The quantitative estimate of drug-likeness (QED) is 0.225. The molecule has 10 heteroatoms. The van der Waals surface area contributed by atoms with E-state index in [1.807, 2.05) is 36.4 Å². The number of aryl methyl sites for hydroxylation is 1. The van der Waals surface area contributed by atoms with Gasteiger partial charge in [-0.15, -0.1) is 0 Å². The number of nitrogens with zero attached hydrogens (tertiary/aromatic N) is 5. The van der Waals surface area contributed by atoms with E-state index in [-0.39, 0.29) is 5.91 Å². The number of benzene rings is 1. The van der Waals surface area contributed by atoms with Gasteiger partial charge in [-0.25, -0.2) is 9.97 Å². The van der Waals surface area contributed by atoms with Gasteiger partial charge in [-0.1, -0.05) is 23.8 Å². The Kier molecular flexibility index (Phi) is 6.44. The van der Waals surface area contributed by atoms with Crippen LogP contribution in [0.2, 0.25) is 0 Å². The molecule has 41 heavy (non-hydrogen) atoms. The van der Waals surface area contributed by atoms with Crippen LogP contribution in [-0.4, -0.2) is 54.1 Å². The van der Waals surface area contributed by atoms with Crippen LogP contribution in [0.15, 0.2) is 67.1 Å². The van der Waals surface area contributed by atoms with E-state index in [4.69, 9.17) is 9.97 Å². The summed E-state index contributed by atoms with van der Waals surface area (Å²) in [6, 6.07) is 15.9. The number of piperidine rings is 1. The van der Waals surface area contributed by atoms with Crippen molar-refractivity contribution in [3.05, 3.63) is 72.7 Å². The largest absolute Gasteiger partial charge is 0.336 e. The molecule has 204 valence electrons. The minimum absolute atomic E-state index is 0.0146. The van der Waals surface area contributed by atoms with E-state index in [1.54, 1.807) is 18.6 Å². The summed E-state index contributed by atoms with van der Waals surface area (Å²) in [4.78, 5) is 34.9. The zero-order valence-electron chi connectivity index (χ0n) is 22.6. The molecule has 4 N–H and O–H groups in total. The third-order valence-electron chi connectivity index (χ3n) is 7.58. The maximum absolute atomic E-state index is 12.7. The summed E-state index contributed by atoms with van der Waals surface area (Å²) in [5.41, 5.74) is 8.91. The lowest BCUT2D eigenvalue weighted by atomic mass is 9.94. The minimum atomic E-state index is 0.0146. The van der Waals surface area contributed by atoms with Crippen molar-refractivity contribution >= 4 is 33.7 Å². The fraction of sp³-hybridized carbons (Fsp3) is 0.226. The van der Waals surface area contributed by atoms with Crippen molar-refractivity contribution in [2.45, 2.75) is 26.2 Å². The highest BCUT2D eigenvalue weighted by atomic mass is 16.1. The Hall–Kier alpha value is -4.96. The predicted molar refractivity (Wildman–Crippen MR) is 159 cm³/mol. The van der Waals surface area contributed by atoms with E-state index in [1.165, 1.54) is 0 Å². The molecule has 6 aromatic rings. The summed E-state index contributed by atoms with van der Waals surface area (Å²) < 4.78 is 0. The van der Waals surface area contributed by atoms with Gasteiger partial charge in [0.25, 0.3) is 0 Å². The molecule has 6 heterocycles. The Labute approximate surface area is 236 Å². The number of hydrogen-bond acceptors (Lipinski definition) is 7. The molecule has 1 amide bonds. The fourth-order valence-corrected chi connectivity index (χ4v) is 5.48. The summed E-state index contributed by atoms with van der Waals surface area (Å²) in [6.45, 7) is 4.00.